The number of halogens is 2. The van der Waals surface area contributed by atoms with E-state index in [9.17, 15) is 19.1 Å². The highest BCUT2D eigenvalue weighted by Crippen LogP contribution is 2.31. The molecule has 29 heavy (non-hydrogen) atoms. The van der Waals surface area contributed by atoms with Crippen molar-refractivity contribution in [2.75, 3.05) is 20.8 Å². The summed E-state index contributed by atoms with van der Waals surface area (Å²) in [5, 5.41) is 12.0. The van der Waals surface area contributed by atoms with Gasteiger partial charge in [0.05, 0.1) is 19.6 Å². The molecule has 0 aromatic heterocycles. The number of aliphatic hydroxyl groups is 1. The van der Waals surface area contributed by atoms with Crippen LogP contribution < -0.4 is 10.1 Å². The fourth-order valence-corrected chi connectivity index (χ4v) is 4.04. The van der Waals surface area contributed by atoms with Crippen LogP contribution in [0.4, 0.5) is 4.39 Å². The normalized spacial score (nSPS) is 12.9. The number of carbonyl (C=O) groups excluding carboxylic acids is 2. The quantitative estimate of drug-likeness (QED) is 0.392. The summed E-state index contributed by atoms with van der Waals surface area (Å²) in [6.07, 6.45) is 0.828. The number of nitrogens with one attached hydrogen (secondary N) is 1. The standard InChI is InChI=1S/C22H25FINO4/c1-4-13(9-15(12-26)22(28)25-2)21(27)14-5-7-18(20(24)10-14)17-8-6-16(29-3)11-19(17)23/h5-8,10-11,13,15,26H,4,9,12H2,1-3H3,(H,25,28). The Kier molecular flexibility index (Phi) is 8.58. The summed E-state index contributed by atoms with van der Waals surface area (Å²) in [6, 6.07) is 9.81. The van der Waals surface area contributed by atoms with Crippen LogP contribution in [0, 0.1) is 21.2 Å². The van der Waals surface area contributed by atoms with Gasteiger partial charge in [0.25, 0.3) is 0 Å². The first-order valence-corrected chi connectivity index (χ1v) is 10.4. The molecule has 0 aliphatic carbocycles. The van der Waals surface area contributed by atoms with Gasteiger partial charge in [-0.2, -0.15) is 0 Å². The number of ether oxygens (including phenoxy) is 1. The number of rotatable bonds is 9. The Morgan fingerprint density at radius 3 is 2.38 bits per heavy atom. The Morgan fingerprint density at radius 1 is 1.17 bits per heavy atom. The van der Waals surface area contributed by atoms with Crippen LogP contribution in [0.2, 0.25) is 0 Å². The summed E-state index contributed by atoms with van der Waals surface area (Å²) >= 11 is 2.09. The first kappa shape index (κ1) is 23.3. The van der Waals surface area contributed by atoms with E-state index in [0.29, 0.717) is 28.9 Å². The Hall–Kier alpha value is -2.00. The smallest absolute Gasteiger partial charge is 0.225 e. The molecule has 2 unspecified atom stereocenters. The third kappa shape index (κ3) is 5.54. The molecule has 0 bridgehead atoms. The summed E-state index contributed by atoms with van der Waals surface area (Å²) in [7, 11) is 2.99. The van der Waals surface area contributed by atoms with Crippen LogP contribution in [0.3, 0.4) is 0 Å². The number of methoxy groups -OCH3 is 1. The van der Waals surface area contributed by atoms with Crippen molar-refractivity contribution in [3.8, 4) is 16.9 Å². The number of Topliss-reactive ketones (excluding diaryl/α,β-unsaturated/α-hetero) is 1. The van der Waals surface area contributed by atoms with Crippen molar-refractivity contribution >= 4 is 34.3 Å². The van der Waals surface area contributed by atoms with Crippen molar-refractivity contribution in [1.29, 1.82) is 0 Å². The van der Waals surface area contributed by atoms with Crippen LogP contribution in [-0.2, 0) is 4.79 Å². The summed E-state index contributed by atoms with van der Waals surface area (Å²) in [5.74, 6) is -1.34. The monoisotopic (exact) mass is 513 g/mol. The highest BCUT2D eigenvalue weighted by Gasteiger charge is 2.26. The SMILES string of the molecule is CCC(CC(CO)C(=O)NC)C(=O)c1ccc(-c2ccc(OC)cc2F)c(I)c1. The molecule has 0 aliphatic rings. The fourth-order valence-electron chi connectivity index (χ4n) is 3.23. The minimum Gasteiger partial charge on any atom is -0.497 e. The van der Waals surface area contributed by atoms with E-state index in [0.717, 1.165) is 3.57 Å². The van der Waals surface area contributed by atoms with E-state index in [1.54, 1.807) is 30.3 Å². The summed E-state index contributed by atoms with van der Waals surface area (Å²) in [4.78, 5) is 24.8. The lowest BCUT2D eigenvalue weighted by Crippen LogP contribution is -2.32. The zero-order valence-electron chi connectivity index (χ0n) is 16.7. The van der Waals surface area contributed by atoms with Gasteiger partial charge < -0.3 is 15.2 Å². The average molecular weight is 513 g/mol. The summed E-state index contributed by atoms with van der Waals surface area (Å²) in [5.41, 5.74) is 1.63. The Bertz CT molecular complexity index is 887. The van der Waals surface area contributed by atoms with Crippen LogP contribution in [0.5, 0.6) is 5.75 Å². The number of ketones is 1. The van der Waals surface area contributed by atoms with Crippen molar-refractivity contribution in [2.24, 2.45) is 11.8 Å². The molecular formula is C22H25FINO4. The van der Waals surface area contributed by atoms with Crippen molar-refractivity contribution in [3.05, 3.63) is 51.3 Å². The van der Waals surface area contributed by atoms with Gasteiger partial charge >= 0.3 is 0 Å². The molecule has 0 fully saturated rings. The summed E-state index contributed by atoms with van der Waals surface area (Å²) in [6.45, 7) is 1.57. The Labute approximate surface area is 183 Å². The summed E-state index contributed by atoms with van der Waals surface area (Å²) < 4.78 is 20.2. The second-order valence-corrected chi connectivity index (χ2v) is 7.90. The van der Waals surface area contributed by atoms with Crippen molar-refractivity contribution in [3.63, 3.8) is 0 Å². The first-order chi connectivity index (χ1) is 13.9. The molecule has 0 radical (unpaired) electrons. The van der Waals surface area contributed by atoms with Gasteiger partial charge in [-0.3, -0.25) is 9.59 Å². The lowest BCUT2D eigenvalue weighted by molar-refractivity contribution is -0.126. The maximum absolute atomic E-state index is 14.4. The molecular weight excluding hydrogens is 488 g/mol. The largest absolute Gasteiger partial charge is 0.497 e. The fraction of sp³-hybridized carbons (Fsp3) is 0.364. The number of amides is 1. The van der Waals surface area contributed by atoms with E-state index in [1.807, 2.05) is 6.92 Å². The minimum absolute atomic E-state index is 0.0884. The van der Waals surface area contributed by atoms with Crippen LogP contribution in [0.25, 0.3) is 11.1 Å². The second kappa shape index (κ2) is 10.7. The maximum atomic E-state index is 14.4. The molecule has 2 rings (SSSR count). The van der Waals surface area contributed by atoms with Crippen molar-refractivity contribution in [1.82, 2.24) is 5.32 Å². The van der Waals surface area contributed by atoms with E-state index in [2.05, 4.69) is 27.9 Å². The molecule has 0 saturated carbocycles. The number of hydrogen-bond acceptors (Lipinski definition) is 4. The van der Waals surface area contributed by atoms with Gasteiger partial charge in [-0.25, -0.2) is 4.39 Å². The topological polar surface area (TPSA) is 75.6 Å². The highest BCUT2D eigenvalue weighted by atomic mass is 127. The zero-order chi connectivity index (χ0) is 21.6. The number of carbonyl (C=O) groups is 2. The second-order valence-electron chi connectivity index (χ2n) is 6.74. The predicted octanol–water partition coefficient (Wildman–Crippen LogP) is 4.06. The lowest BCUT2D eigenvalue weighted by atomic mass is 9.86. The lowest BCUT2D eigenvalue weighted by Gasteiger charge is -2.20. The van der Waals surface area contributed by atoms with Crippen molar-refractivity contribution in [2.45, 2.75) is 19.8 Å². The molecule has 2 aromatic carbocycles. The molecule has 0 spiro atoms. The van der Waals surface area contributed by atoms with Gasteiger partial charge in [0, 0.05) is 33.7 Å². The van der Waals surface area contributed by atoms with E-state index < -0.39 is 11.7 Å². The van der Waals surface area contributed by atoms with Gasteiger partial charge in [-0.15, -0.1) is 0 Å². The molecule has 0 heterocycles. The average Bonchev–Trinajstić information content (AvgIpc) is 2.73. The van der Waals surface area contributed by atoms with Crippen LogP contribution >= 0.6 is 22.6 Å². The van der Waals surface area contributed by atoms with Gasteiger partial charge in [-0.05, 0) is 59.2 Å². The number of aliphatic hydroxyl groups excluding tert-OH is 1. The molecule has 0 aliphatic heterocycles. The van der Waals surface area contributed by atoms with E-state index in [4.69, 9.17) is 4.74 Å². The Morgan fingerprint density at radius 2 is 1.86 bits per heavy atom. The van der Waals surface area contributed by atoms with E-state index in [1.165, 1.54) is 20.2 Å². The first-order valence-electron chi connectivity index (χ1n) is 9.36. The van der Waals surface area contributed by atoms with Gasteiger partial charge in [0.2, 0.25) is 5.91 Å². The highest BCUT2D eigenvalue weighted by molar-refractivity contribution is 14.1. The predicted molar refractivity (Wildman–Crippen MR) is 118 cm³/mol. The molecule has 156 valence electrons. The molecule has 7 heteroatoms. The van der Waals surface area contributed by atoms with E-state index >= 15 is 0 Å². The van der Waals surface area contributed by atoms with Gasteiger partial charge in [-0.1, -0.05) is 19.1 Å². The van der Waals surface area contributed by atoms with E-state index in [-0.39, 0.29) is 30.6 Å². The third-order valence-corrected chi connectivity index (χ3v) is 5.88. The molecule has 2 atom stereocenters. The van der Waals surface area contributed by atoms with Crippen molar-refractivity contribution < 1.29 is 23.8 Å². The molecule has 2 aromatic rings. The molecule has 5 nitrogen and oxygen atoms in total. The maximum Gasteiger partial charge on any atom is 0.225 e. The zero-order valence-corrected chi connectivity index (χ0v) is 18.8. The number of benzene rings is 2. The molecule has 2 N–H and O–H groups in total. The number of hydrogen-bond donors (Lipinski definition) is 2. The van der Waals surface area contributed by atoms with Crippen LogP contribution in [-0.4, -0.2) is 37.6 Å². The third-order valence-electron chi connectivity index (χ3n) is 4.99. The van der Waals surface area contributed by atoms with Crippen LogP contribution in [0.15, 0.2) is 36.4 Å². The van der Waals surface area contributed by atoms with Gasteiger partial charge in [0.1, 0.15) is 11.6 Å². The minimum atomic E-state index is -0.624. The van der Waals surface area contributed by atoms with Crippen LogP contribution in [0.1, 0.15) is 30.1 Å². The molecule has 1 amide bonds. The molecule has 0 saturated heterocycles. The Balaban J connectivity index is 2.28. The van der Waals surface area contributed by atoms with Gasteiger partial charge in [0.15, 0.2) is 5.78 Å².